The van der Waals surface area contributed by atoms with Crippen molar-refractivity contribution in [3.63, 3.8) is 0 Å². The number of aryl methyl sites for hydroxylation is 1. The molecule has 1 heterocycles. The van der Waals surface area contributed by atoms with Gasteiger partial charge in [0.2, 0.25) is 0 Å². The summed E-state index contributed by atoms with van der Waals surface area (Å²) in [5.74, 6) is 0.237. The number of ether oxygens (including phenoxy) is 2. The molecule has 0 fully saturated rings. The van der Waals surface area contributed by atoms with Gasteiger partial charge in [0.15, 0.2) is 18.1 Å². The second-order valence-electron chi connectivity index (χ2n) is 7.92. The van der Waals surface area contributed by atoms with Crippen LogP contribution in [0.5, 0.6) is 11.5 Å². The highest BCUT2D eigenvalue weighted by molar-refractivity contribution is 5.98. The number of hydrogen-bond donors (Lipinski definition) is 2. The fourth-order valence-corrected chi connectivity index (χ4v) is 3.47. The number of methoxy groups -OCH3 is 1. The first-order chi connectivity index (χ1) is 17.5. The number of hydrazone groups is 1. The molecule has 182 valence electrons. The largest absolute Gasteiger partial charge is 0.493 e. The molecule has 0 bridgehead atoms. The molecule has 4 rings (SSSR count). The lowest BCUT2D eigenvalue weighted by Gasteiger charge is -2.11. The molecule has 0 spiro atoms. The molecule has 0 saturated heterocycles. The molecule has 0 unspecified atom stereocenters. The van der Waals surface area contributed by atoms with Crippen LogP contribution in [-0.2, 0) is 4.79 Å². The first-order valence-electron chi connectivity index (χ1n) is 11.3. The Labute approximate surface area is 209 Å². The van der Waals surface area contributed by atoms with Gasteiger partial charge in [-0.25, -0.2) is 5.43 Å². The zero-order chi connectivity index (χ0) is 25.3. The molecule has 1 aromatic heterocycles. The fraction of sp³-hybridized carbons (Fsp3) is 0.107. The molecule has 0 radical (unpaired) electrons. The maximum atomic E-state index is 12.7. The van der Waals surface area contributed by atoms with Crippen LogP contribution in [0.2, 0.25) is 0 Å². The lowest BCUT2D eigenvalue weighted by molar-refractivity contribution is -0.118. The van der Waals surface area contributed by atoms with Crippen molar-refractivity contribution in [3.8, 4) is 17.2 Å². The van der Waals surface area contributed by atoms with Gasteiger partial charge in [-0.05, 0) is 67.1 Å². The van der Waals surface area contributed by atoms with Gasteiger partial charge in [-0.3, -0.25) is 9.59 Å². The van der Waals surface area contributed by atoms with Gasteiger partial charge in [0, 0.05) is 18.1 Å². The monoisotopic (exact) mass is 482 g/mol. The average molecular weight is 483 g/mol. The second kappa shape index (κ2) is 11.5. The van der Waals surface area contributed by atoms with E-state index in [9.17, 15) is 9.59 Å². The summed E-state index contributed by atoms with van der Waals surface area (Å²) in [6, 6.07) is 23.7. The Bertz CT molecular complexity index is 1360. The predicted octanol–water partition coefficient (Wildman–Crippen LogP) is 4.58. The van der Waals surface area contributed by atoms with E-state index in [1.165, 1.54) is 13.3 Å². The van der Waals surface area contributed by atoms with Crippen LogP contribution in [0.3, 0.4) is 0 Å². The minimum absolute atomic E-state index is 0.172. The normalized spacial score (nSPS) is 10.7. The van der Waals surface area contributed by atoms with Gasteiger partial charge in [-0.1, -0.05) is 29.8 Å². The molecule has 0 atom stereocenters. The number of para-hydroxylation sites is 1. The van der Waals surface area contributed by atoms with Crippen molar-refractivity contribution in [1.82, 2.24) is 9.99 Å². The minimum atomic E-state index is -0.331. The van der Waals surface area contributed by atoms with Gasteiger partial charge in [-0.2, -0.15) is 5.10 Å². The smallest absolute Gasteiger partial charge is 0.273 e. The molecule has 2 amide bonds. The summed E-state index contributed by atoms with van der Waals surface area (Å²) in [7, 11) is 1.51. The van der Waals surface area contributed by atoms with Crippen LogP contribution in [0.1, 0.15) is 21.5 Å². The Morgan fingerprint density at radius 2 is 1.69 bits per heavy atom. The zero-order valence-corrected chi connectivity index (χ0v) is 20.0. The molecular weight excluding hydrogens is 456 g/mol. The van der Waals surface area contributed by atoms with E-state index in [0.717, 1.165) is 11.3 Å². The van der Waals surface area contributed by atoms with Crippen molar-refractivity contribution in [2.45, 2.75) is 6.92 Å². The number of nitrogens with one attached hydrogen (secondary N) is 2. The number of aromatic nitrogens is 1. The fourth-order valence-electron chi connectivity index (χ4n) is 3.47. The predicted molar refractivity (Wildman–Crippen MR) is 139 cm³/mol. The van der Waals surface area contributed by atoms with E-state index in [0.29, 0.717) is 28.3 Å². The van der Waals surface area contributed by atoms with E-state index in [1.807, 2.05) is 72.4 Å². The Morgan fingerprint density at radius 1 is 0.944 bits per heavy atom. The Hall–Kier alpha value is -4.85. The lowest BCUT2D eigenvalue weighted by Crippen LogP contribution is -2.20. The summed E-state index contributed by atoms with van der Waals surface area (Å²) in [6.45, 7) is 1.81. The summed E-state index contributed by atoms with van der Waals surface area (Å²) < 4.78 is 12.9. The van der Waals surface area contributed by atoms with E-state index in [4.69, 9.17) is 9.47 Å². The van der Waals surface area contributed by atoms with Gasteiger partial charge in [0.1, 0.15) is 0 Å². The van der Waals surface area contributed by atoms with E-state index in [1.54, 1.807) is 30.3 Å². The van der Waals surface area contributed by atoms with Crippen LogP contribution < -0.4 is 20.2 Å². The van der Waals surface area contributed by atoms with Crippen LogP contribution >= 0.6 is 0 Å². The van der Waals surface area contributed by atoms with Crippen LogP contribution in [-0.4, -0.2) is 36.3 Å². The van der Waals surface area contributed by atoms with Gasteiger partial charge < -0.3 is 19.4 Å². The molecule has 0 aliphatic carbocycles. The molecule has 0 aliphatic rings. The van der Waals surface area contributed by atoms with Gasteiger partial charge in [0.25, 0.3) is 11.8 Å². The topological polar surface area (TPSA) is 93.9 Å². The first-order valence-corrected chi connectivity index (χ1v) is 11.3. The second-order valence-corrected chi connectivity index (χ2v) is 7.92. The number of benzene rings is 3. The standard InChI is InChI=1S/C28H26N4O4/c1-20-9-12-22(13-10-20)30-27(33)19-36-25-14-11-21(17-26(25)35-2)18-29-31-28(34)23-7-3-4-8-24(23)32-15-5-6-16-32/h3-18H,19H2,1-2H3,(H,30,33)(H,31,34)/b29-18+. The Balaban J connectivity index is 1.36. The zero-order valence-electron chi connectivity index (χ0n) is 20.0. The van der Waals surface area contributed by atoms with Crippen molar-refractivity contribution in [3.05, 3.63) is 108 Å². The van der Waals surface area contributed by atoms with Crippen molar-refractivity contribution in [2.24, 2.45) is 5.10 Å². The number of carbonyl (C=O) groups is 2. The number of hydrogen-bond acceptors (Lipinski definition) is 5. The number of carbonyl (C=O) groups excluding carboxylic acids is 2. The summed E-state index contributed by atoms with van der Waals surface area (Å²) in [5, 5.41) is 6.86. The number of anilines is 1. The molecule has 0 saturated carbocycles. The third-order valence-electron chi connectivity index (χ3n) is 5.29. The summed E-state index contributed by atoms with van der Waals surface area (Å²) in [5.41, 5.74) is 6.30. The third kappa shape index (κ3) is 6.18. The van der Waals surface area contributed by atoms with Crippen LogP contribution in [0, 0.1) is 6.92 Å². The molecule has 0 aliphatic heterocycles. The Kier molecular flexibility index (Phi) is 7.77. The first kappa shape index (κ1) is 24.3. The van der Waals surface area contributed by atoms with Crippen molar-refractivity contribution < 1.29 is 19.1 Å². The van der Waals surface area contributed by atoms with Crippen molar-refractivity contribution in [2.75, 3.05) is 19.0 Å². The number of nitrogens with zero attached hydrogens (tertiary/aromatic N) is 2. The molecular formula is C28H26N4O4. The van der Waals surface area contributed by atoms with E-state index < -0.39 is 0 Å². The van der Waals surface area contributed by atoms with E-state index in [2.05, 4.69) is 15.8 Å². The Morgan fingerprint density at radius 3 is 2.44 bits per heavy atom. The molecule has 8 heteroatoms. The van der Waals surface area contributed by atoms with E-state index >= 15 is 0 Å². The minimum Gasteiger partial charge on any atom is -0.493 e. The SMILES string of the molecule is COc1cc(/C=N/NC(=O)c2ccccc2-n2cccc2)ccc1OCC(=O)Nc1ccc(C)cc1. The highest BCUT2D eigenvalue weighted by Gasteiger charge is 2.12. The number of rotatable bonds is 9. The number of amides is 2. The molecule has 4 aromatic rings. The summed E-state index contributed by atoms with van der Waals surface area (Å²) in [4.78, 5) is 24.9. The summed E-state index contributed by atoms with van der Waals surface area (Å²) in [6.07, 6.45) is 5.25. The van der Waals surface area contributed by atoms with Gasteiger partial charge in [0.05, 0.1) is 24.6 Å². The average Bonchev–Trinajstić information content (AvgIpc) is 3.44. The third-order valence-corrected chi connectivity index (χ3v) is 5.29. The van der Waals surface area contributed by atoms with Crippen molar-refractivity contribution >= 4 is 23.7 Å². The molecule has 8 nitrogen and oxygen atoms in total. The van der Waals surface area contributed by atoms with Crippen LogP contribution in [0.25, 0.3) is 5.69 Å². The van der Waals surface area contributed by atoms with Crippen LogP contribution in [0.4, 0.5) is 5.69 Å². The van der Waals surface area contributed by atoms with E-state index in [-0.39, 0.29) is 18.4 Å². The quantitative estimate of drug-likeness (QED) is 0.270. The maximum Gasteiger partial charge on any atom is 0.273 e. The summed E-state index contributed by atoms with van der Waals surface area (Å²) >= 11 is 0. The lowest BCUT2D eigenvalue weighted by atomic mass is 10.1. The van der Waals surface area contributed by atoms with Crippen molar-refractivity contribution in [1.29, 1.82) is 0 Å². The highest BCUT2D eigenvalue weighted by atomic mass is 16.5. The molecule has 36 heavy (non-hydrogen) atoms. The molecule has 3 aromatic carbocycles. The van der Waals surface area contributed by atoms with Gasteiger partial charge >= 0.3 is 0 Å². The molecule has 2 N–H and O–H groups in total. The van der Waals surface area contributed by atoms with Gasteiger partial charge in [-0.15, -0.1) is 0 Å². The highest BCUT2D eigenvalue weighted by Crippen LogP contribution is 2.27. The maximum absolute atomic E-state index is 12.7. The van der Waals surface area contributed by atoms with Crippen LogP contribution in [0.15, 0.2) is 96.4 Å².